The molecule has 4 rings (SSSR count). The van der Waals surface area contributed by atoms with Crippen molar-refractivity contribution in [2.45, 2.75) is 0 Å². The van der Waals surface area contributed by atoms with E-state index in [2.05, 4.69) is 9.97 Å². The molecule has 0 N–H and O–H groups in total. The Hall–Kier alpha value is -2.11. The van der Waals surface area contributed by atoms with Gasteiger partial charge in [0.05, 0.1) is 21.1 Å². The monoisotopic (exact) mass is 304 g/mol. The fourth-order valence-electron chi connectivity index (χ4n) is 2.22. The van der Waals surface area contributed by atoms with Gasteiger partial charge in [-0.2, -0.15) is 4.98 Å². The van der Waals surface area contributed by atoms with Crippen LogP contribution in [0.25, 0.3) is 22.5 Å². The SMILES string of the molecule is O=c1n2ccccc2nc2nc3cc(Cl)c(Cl)cc3n12. The van der Waals surface area contributed by atoms with Crippen LogP contribution in [0.3, 0.4) is 0 Å². The minimum Gasteiger partial charge on any atom is -0.252 e. The minimum absolute atomic E-state index is 0.244. The lowest BCUT2D eigenvalue weighted by Crippen LogP contribution is -2.22. The van der Waals surface area contributed by atoms with Gasteiger partial charge in [0.15, 0.2) is 0 Å². The Bertz CT molecular complexity index is 1050. The number of fused-ring (bicyclic) bond motifs is 4. The largest absolute Gasteiger partial charge is 0.341 e. The first-order chi connectivity index (χ1) is 9.65. The Labute approximate surface area is 122 Å². The molecule has 0 spiro atoms. The van der Waals surface area contributed by atoms with Crippen molar-refractivity contribution in [2.75, 3.05) is 0 Å². The maximum Gasteiger partial charge on any atom is 0.341 e. The second kappa shape index (κ2) is 3.94. The van der Waals surface area contributed by atoms with Crippen LogP contribution in [0.4, 0.5) is 0 Å². The standard InChI is InChI=1S/C13H6Cl2N4O/c14-7-5-9-10(6-8(7)15)19-12(16-9)17-11-3-1-2-4-18(11)13(19)20/h1-6H. The fourth-order valence-corrected chi connectivity index (χ4v) is 2.54. The zero-order valence-corrected chi connectivity index (χ0v) is 11.4. The first-order valence-electron chi connectivity index (χ1n) is 5.80. The van der Waals surface area contributed by atoms with E-state index in [1.807, 2.05) is 6.07 Å². The predicted molar refractivity (Wildman–Crippen MR) is 77.7 cm³/mol. The van der Waals surface area contributed by atoms with Crippen LogP contribution in [0.15, 0.2) is 41.3 Å². The number of hydrogen-bond donors (Lipinski definition) is 0. The molecule has 4 aromatic rings. The molecule has 3 heterocycles. The molecule has 98 valence electrons. The number of imidazole rings is 1. The van der Waals surface area contributed by atoms with Crippen molar-refractivity contribution in [1.82, 2.24) is 18.8 Å². The van der Waals surface area contributed by atoms with E-state index in [1.165, 1.54) is 8.80 Å². The van der Waals surface area contributed by atoms with Crippen LogP contribution in [0.2, 0.25) is 10.0 Å². The zero-order chi connectivity index (χ0) is 13.9. The Morgan fingerprint density at radius 2 is 1.85 bits per heavy atom. The number of pyridine rings is 1. The zero-order valence-electron chi connectivity index (χ0n) is 9.92. The van der Waals surface area contributed by atoms with Crippen LogP contribution in [-0.2, 0) is 0 Å². The molecule has 3 aromatic heterocycles. The van der Waals surface area contributed by atoms with Crippen LogP contribution < -0.4 is 5.69 Å². The highest BCUT2D eigenvalue weighted by Gasteiger charge is 2.13. The number of rotatable bonds is 0. The molecule has 0 saturated heterocycles. The van der Waals surface area contributed by atoms with Crippen molar-refractivity contribution in [3.8, 4) is 0 Å². The summed E-state index contributed by atoms with van der Waals surface area (Å²) in [4.78, 5) is 21.2. The van der Waals surface area contributed by atoms with E-state index in [4.69, 9.17) is 23.2 Å². The highest BCUT2D eigenvalue weighted by Crippen LogP contribution is 2.27. The Morgan fingerprint density at radius 3 is 2.70 bits per heavy atom. The lowest BCUT2D eigenvalue weighted by Gasteiger charge is -2.01. The maximum absolute atomic E-state index is 12.5. The predicted octanol–water partition coefficient (Wildman–Crippen LogP) is 2.80. The van der Waals surface area contributed by atoms with Gasteiger partial charge in [0.2, 0.25) is 5.78 Å². The van der Waals surface area contributed by atoms with Crippen LogP contribution in [-0.4, -0.2) is 18.8 Å². The van der Waals surface area contributed by atoms with Gasteiger partial charge in [0, 0.05) is 6.20 Å². The lowest BCUT2D eigenvalue weighted by molar-refractivity contribution is 0.921. The molecule has 0 aliphatic heterocycles. The quantitative estimate of drug-likeness (QED) is 0.502. The van der Waals surface area contributed by atoms with E-state index in [0.29, 0.717) is 32.5 Å². The number of hydrogen-bond acceptors (Lipinski definition) is 3. The van der Waals surface area contributed by atoms with Crippen molar-refractivity contribution in [2.24, 2.45) is 0 Å². The smallest absolute Gasteiger partial charge is 0.252 e. The van der Waals surface area contributed by atoms with Crippen molar-refractivity contribution in [1.29, 1.82) is 0 Å². The molecule has 0 amide bonds. The molecular weight excluding hydrogens is 299 g/mol. The van der Waals surface area contributed by atoms with Crippen LogP contribution >= 0.6 is 23.2 Å². The highest BCUT2D eigenvalue weighted by molar-refractivity contribution is 6.42. The van der Waals surface area contributed by atoms with Crippen molar-refractivity contribution < 1.29 is 0 Å². The highest BCUT2D eigenvalue weighted by atomic mass is 35.5. The first-order valence-corrected chi connectivity index (χ1v) is 6.55. The average Bonchev–Trinajstić information content (AvgIpc) is 2.77. The van der Waals surface area contributed by atoms with Gasteiger partial charge in [-0.1, -0.05) is 29.3 Å². The van der Waals surface area contributed by atoms with Gasteiger partial charge in [-0.05, 0) is 24.3 Å². The molecule has 5 nitrogen and oxygen atoms in total. The summed E-state index contributed by atoms with van der Waals surface area (Å²) in [6.45, 7) is 0. The Balaban J connectivity index is 2.32. The van der Waals surface area contributed by atoms with Gasteiger partial charge in [-0.25, -0.2) is 14.2 Å². The average molecular weight is 305 g/mol. The van der Waals surface area contributed by atoms with E-state index < -0.39 is 0 Å². The second-order valence-corrected chi connectivity index (χ2v) is 5.14. The third-order valence-electron chi connectivity index (χ3n) is 3.13. The van der Waals surface area contributed by atoms with Gasteiger partial charge < -0.3 is 0 Å². The molecule has 0 saturated carbocycles. The van der Waals surface area contributed by atoms with Gasteiger partial charge >= 0.3 is 5.69 Å². The molecule has 20 heavy (non-hydrogen) atoms. The number of benzene rings is 1. The summed E-state index contributed by atoms with van der Waals surface area (Å²) < 4.78 is 2.88. The van der Waals surface area contributed by atoms with E-state index >= 15 is 0 Å². The summed E-state index contributed by atoms with van der Waals surface area (Å²) in [6.07, 6.45) is 1.66. The number of nitrogens with zero attached hydrogens (tertiary/aromatic N) is 4. The van der Waals surface area contributed by atoms with Gasteiger partial charge in [-0.15, -0.1) is 0 Å². The molecule has 0 aliphatic carbocycles. The summed E-state index contributed by atoms with van der Waals surface area (Å²) in [5.74, 6) is 0.328. The topological polar surface area (TPSA) is 51.7 Å². The van der Waals surface area contributed by atoms with Crippen molar-refractivity contribution >= 4 is 45.7 Å². The minimum atomic E-state index is -0.244. The van der Waals surface area contributed by atoms with Gasteiger partial charge in [0.25, 0.3) is 0 Å². The van der Waals surface area contributed by atoms with Gasteiger partial charge in [-0.3, -0.25) is 4.40 Å². The summed E-state index contributed by atoms with van der Waals surface area (Å²) in [5.41, 5.74) is 1.47. The van der Waals surface area contributed by atoms with E-state index in [-0.39, 0.29) is 5.69 Å². The Morgan fingerprint density at radius 1 is 1.05 bits per heavy atom. The summed E-state index contributed by atoms with van der Waals surface area (Å²) >= 11 is 12.0. The van der Waals surface area contributed by atoms with Crippen LogP contribution in [0.5, 0.6) is 0 Å². The van der Waals surface area contributed by atoms with Gasteiger partial charge in [0.1, 0.15) is 5.65 Å². The summed E-state index contributed by atoms with van der Waals surface area (Å²) in [7, 11) is 0. The molecular formula is C13H6Cl2N4O. The van der Waals surface area contributed by atoms with Crippen molar-refractivity contribution in [3.63, 3.8) is 0 Å². The van der Waals surface area contributed by atoms with E-state index in [9.17, 15) is 4.79 Å². The van der Waals surface area contributed by atoms with Crippen LogP contribution in [0, 0.1) is 0 Å². The molecule has 0 unspecified atom stereocenters. The van der Waals surface area contributed by atoms with E-state index in [1.54, 1.807) is 30.5 Å². The molecule has 0 aliphatic rings. The number of halogens is 2. The fraction of sp³-hybridized carbons (Fsp3) is 0. The Kier molecular flexibility index (Phi) is 2.31. The third kappa shape index (κ3) is 1.47. The van der Waals surface area contributed by atoms with Crippen molar-refractivity contribution in [3.05, 3.63) is 57.1 Å². The number of aromatic nitrogens is 4. The molecule has 7 heteroatoms. The third-order valence-corrected chi connectivity index (χ3v) is 3.85. The molecule has 0 radical (unpaired) electrons. The van der Waals surface area contributed by atoms with Crippen LogP contribution in [0.1, 0.15) is 0 Å². The second-order valence-electron chi connectivity index (χ2n) is 4.33. The molecule has 0 bridgehead atoms. The summed E-state index contributed by atoms with van der Waals surface area (Å²) in [6, 6.07) is 8.58. The maximum atomic E-state index is 12.5. The molecule has 0 fully saturated rings. The first kappa shape index (κ1) is 11.7. The normalized spacial score (nSPS) is 11.7. The van der Waals surface area contributed by atoms with E-state index in [0.717, 1.165) is 0 Å². The molecule has 0 atom stereocenters. The summed E-state index contributed by atoms with van der Waals surface area (Å²) in [5, 5.41) is 0.769. The molecule has 1 aromatic carbocycles. The lowest BCUT2D eigenvalue weighted by atomic mass is 10.3.